The van der Waals surface area contributed by atoms with E-state index < -0.39 is 0 Å². The van der Waals surface area contributed by atoms with E-state index in [0.29, 0.717) is 0 Å². The Balaban J connectivity index is 1.90. The van der Waals surface area contributed by atoms with E-state index in [1.807, 2.05) is 24.3 Å². The second-order valence-electron chi connectivity index (χ2n) is 6.47. The molecule has 2 nitrogen and oxygen atoms in total. The quantitative estimate of drug-likeness (QED) is 0.613. The molecule has 0 aromatic heterocycles. The van der Waals surface area contributed by atoms with Crippen molar-refractivity contribution < 1.29 is 9.47 Å². The van der Waals surface area contributed by atoms with Crippen molar-refractivity contribution in [1.29, 1.82) is 0 Å². The summed E-state index contributed by atoms with van der Waals surface area (Å²) in [5.74, 6) is 1.76. The van der Waals surface area contributed by atoms with E-state index in [1.54, 1.807) is 14.2 Å². The van der Waals surface area contributed by atoms with Crippen LogP contribution in [0.5, 0.6) is 11.5 Å². The number of rotatable bonds is 4. The Morgan fingerprint density at radius 1 is 0.615 bits per heavy atom. The molecule has 0 radical (unpaired) electrons. The zero-order valence-electron chi connectivity index (χ0n) is 15.2. The van der Waals surface area contributed by atoms with Gasteiger partial charge in [0, 0.05) is 0 Å². The zero-order valence-corrected chi connectivity index (χ0v) is 15.2. The van der Waals surface area contributed by atoms with Gasteiger partial charge >= 0.3 is 0 Å². The van der Waals surface area contributed by atoms with Gasteiger partial charge in [-0.25, -0.2) is 0 Å². The molecule has 0 fully saturated rings. The first kappa shape index (κ1) is 16.5. The summed E-state index contributed by atoms with van der Waals surface area (Å²) < 4.78 is 10.7. The Labute approximate surface area is 154 Å². The van der Waals surface area contributed by atoms with Crippen molar-refractivity contribution in [3.8, 4) is 11.5 Å². The maximum absolute atomic E-state index is 5.33. The third-order valence-corrected chi connectivity index (χ3v) is 5.05. The lowest BCUT2D eigenvalue weighted by Gasteiger charge is -2.24. The van der Waals surface area contributed by atoms with Crippen LogP contribution < -0.4 is 9.47 Å². The number of hydrogen-bond acceptors (Lipinski definition) is 2. The number of ether oxygens (including phenoxy) is 2. The van der Waals surface area contributed by atoms with Crippen LogP contribution in [0.4, 0.5) is 0 Å². The lowest BCUT2D eigenvalue weighted by Crippen LogP contribution is -2.06. The van der Waals surface area contributed by atoms with Gasteiger partial charge in [-0.05, 0) is 70.5 Å². The molecule has 0 saturated carbocycles. The van der Waals surface area contributed by atoms with Crippen molar-refractivity contribution in [3.63, 3.8) is 0 Å². The van der Waals surface area contributed by atoms with E-state index >= 15 is 0 Å². The minimum Gasteiger partial charge on any atom is -0.497 e. The fourth-order valence-electron chi connectivity index (χ4n) is 3.70. The number of fused-ring (bicyclic) bond motifs is 1. The fourth-order valence-corrected chi connectivity index (χ4v) is 3.70. The fraction of sp³-hybridized carbons (Fsp3) is 0.167. The molecule has 26 heavy (non-hydrogen) atoms. The van der Waals surface area contributed by atoms with Gasteiger partial charge in [0.15, 0.2) is 0 Å². The number of hydrogen-bond donors (Lipinski definition) is 0. The number of methoxy groups -OCH3 is 2. The third kappa shape index (κ3) is 2.99. The lowest BCUT2D eigenvalue weighted by atomic mass is 9.80. The molecule has 1 aliphatic rings. The van der Waals surface area contributed by atoms with Crippen LogP contribution in [0.3, 0.4) is 0 Å². The van der Waals surface area contributed by atoms with Crippen LogP contribution in [0, 0.1) is 0 Å². The molecule has 0 N–H and O–H groups in total. The first-order valence-corrected chi connectivity index (χ1v) is 8.90. The molecule has 0 spiro atoms. The molecule has 3 aromatic carbocycles. The van der Waals surface area contributed by atoms with Crippen LogP contribution in [0.1, 0.15) is 28.7 Å². The van der Waals surface area contributed by atoms with Crippen molar-refractivity contribution in [1.82, 2.24) is 0 Å². The molecule has 4 rings (SSSR count). The minimum absolute atomic E-state index is 0.879. The molecule has 3 aromatic rings. The van der Waals surface area contributed by atoms with Crippen LogP contribution in [-0.4, -0.2) is 14.2 Å². The predicted octanol–water partition coefficient (Wildman–Crippen LogP) is 5.61. The summed E-state index contributed by atoms with van der Waals surface area (Å²) in [6, 6.07) is 25.5. The summed E-state index contributed by atoms with van der Waals surface area (Å²) in [7, 11) is 3.40. The molecular weight excluding hydrogens is 320 g/mol. The van der Waals surface area contributed by atoms with Crippen molar-refractivity contribution >= 4 is 11.1 Å². The molecule has 0 saturated heterocycles. The highest BCUT2D eigenvalue weighted by Crippen LogP contribution is 2.41. The van der Waals surface area contributed by atoms with E-state index in [1.165, 1.54) is 33.4 Å². The van der Waals surface area contributed by atoms with Gasteiger partial charge in [0.2, 0.25) is 0 Å². The molecule has 0 amide bonds. The van der Waals surface area contributed by atoms with Gasteiger partial charge in [-0.15, -0.1) is 0 Å². The lowest BCUT2D eigenvalue weighted by molar-refractivity contribution is 0.414. The van der Waals surface area contributed by atoms with Crippen molar-refractivity contribution in [2.24, 2.45) is 0 Å². The van der Waals surface area contributed by atoms with Gasteiger partial charge in [-0.2, -0.15) is 0 Å². The normalized spacial score (nSPS) is 13.3. The second-order valence-corrected chi connectivity index (χ2v) is 6.47. The predicted molar refractivity (Wildman–Crippen MR) is 107 cm³/mol. The number of aryl methyl sites for hydroxylation is 1. The molecule has 0 heterocycles. The highest BCUT2D eigenvalue weighted by atomic mass is 16.5. The molecule has 0 bridgehead atoms. The zero-order chi connectivity index (χ0) is 17.9. The number of benzene rings is 3. The summed E-state index contributed by atoms with van der Waals surface area (Å²) >= 11 is 0. The molecule has 0 aliphatic heterocycles. The van der Waals surface area contributed by atoms with Gasteiger partial charge in [-0.1, -0.05) is 48.5 Å². The smallest absolute Gasteiger partial charge is 0.118 e. The molecular formula is C24H22O2. The summed E-state index contributed by atoms with van der Waals surface area (Å²) in [6.07, 6.45) is 2.10. The van der Waals surface area contributed by atoms with E-state index in [4.69, 9.17) is 9.47 Å². The maximum Gasteiger partial charge on any atom is 0.118 e. The van der Waals surface area contributed by atoms with E-state index in [0.717, 1.165) is 24.3 Å². The van der Waals surface area contributed by atoms with Crippen LogP contribution in [0.15, 0.2) is 72.8 Å². The minimum atomic E-state index is 0.879. The summed E-state index contributed by atoms with van der Waals surface area (Å²) in [5.41, 5.74) is 7.93. The highest BCUT2D eigenvalue weighted by Gasteiger charge is 2.21. The molecule has 0 atom stereocenters. The first-order chi connectivity index (χ1) is 12.8. The first-order valence-electron chi connectivity index (χ1n) is 8.90. The van der Waals surface area contributed by atoms with Gasteiger partial charge in [0.1, 0.15) is 11.5 Å². The monoisotopic (exact) mass is 342 g/mol. The Hall–Kier alpha value is -3.00. The molecule has 1 aliphatic carbocycles. The topological polar surface area (TPSA) is 18.5 Å². The van der Waals surface area contributed by atoms with E-state index in [9.17, 15) is 0 Å². The summed E-state index contributed by atoms with van der Waals surface area (Å²) in [6.45, 7) is 0. The van der Waals surface area contributed by atoms with Gasteiger partial charge < -0.3 is 9.47 Å². The van der Waals surface area contributed by atoms with Crippen LogP contribution in [0.25, 0.3) is 11.1 Å². The Morgan fingerprint density at radius 3 is 1.81 bits per heavy atom. The number of allylic oxidation sites excluding steroid dienone is 1. The average molecular weight is 342 g/mol. The third-order valence-electron chi connectivity index (χ3n) is 5.05. The largest absolute Gasteiger partial charge is 0.497 e. The Bertz CT molecular complexity index is 935. The van der Waals surface area contributed by atoms with Gasteiger partial charge in [0.05, 0.1) is 14.2 Å². The second kappa shape index (κ2) is 7.09. The Morgan fingerprint density at radius 2 is 1.19 bits per heavy atom. The summed E-state index contributed by atoms with van der Waals surface area (Å²) in [4.78, 5) is 0. The van der Waals surface area contributed by atoms with Crippen molar-refractivity contribution in [3.05, 3.63) is 95.1 Å². The van der Waals surface area contributed by atoms with Crippen molar-refractivity contribution in [2.45, 2.75) is 12.8 Å². The van der Waals surface area contributed by atoms with Crippen molar-refractivity contribution in [2.75, 3.05) is 14.2 Å². The molecule has 130 valence electrons. The van der Waals surface area contributed by atoms with Crippen LogP contribution >= 0.6 is 0 Å². The highest BCUT2D eigenvalue weighted by molar-refractivity contribution is 6.00. The molecule has 0 unspecified atom stereocenters. The van der Waals surface area contributed by atoms with Gasteiger partial charge in [-0.3, -0.25) is 0 Å². The maximum atomic E-state index is 5.33. The average Bonchev–Trinajstić information content (AvgIpc) is 2.73. The van der Waals surface area contributed by atoms with Crippen LogP contribution in [-0.2, 0) is 6.42 Å². The van der Waals surface area contributed by atoms with E-state index in [-0.39, 0.29) is 0 Å². The van der Waals surface area contributed by atoms with E-state index in [2.05, 4.69) is 48.5 Å². The SMILES string of the molecule is COc1ccc(C2=C(c3ccc(OC)cc3)c3ccccc3CC2)cc1. The summed E-state index contributed by atoms with van der Waals surface area (Å²) in [5, 5.41) is 0. The van der Waals surface area contributed by atoms with Crippen LogP contribution in [0.2, 0.25) is 0 Å². The Kier molecular flexibility index (Phi) is 4.49. The van der Waals surface area contributed by atoms with Gasteiger partial charge in [0.25, 0.3) is 0 Å². The molecule has 2 heteroatoms. The standard InChI is InChI=1S/C24H22O2/c1-25-20-12-7-18(8-13-20)23-16-11-17-5-3-4-6-22(17)24(23)19-9-14-21(26-2)15-10-19/h3-10,12-15H,11,16H2,1-2H3.